The van der Waals surface area contributed by atoms with E-state index in [0.717, 1.165) is 12.1 Å². The molecule has 1 rings (SSSR count). The first-order valence-corrected chi connectivity index (χ1v) is 9.06. The summed E-state index contributed by atoms with van der Waals surface area (Å²) >= 11 is 5.11. The molecule has 0 saturated heterocycles. The summed E-state index contributed by atoms with van der Waals surface area (Å²) in [6, 6.07) is 7.81. The average Bonchev–Trinajstić information content (AvgIpc) is 2.56. The van der Waals surface area contributed by atoms with Crippen molar-refractivity contribution < 1.29 is 13.3 Å². The smallest absolute Gasteiger partial charge is 0.377 e. The van der Waals surface area contributed by atoms with Gasteiger partial charge in [0.25, 0.3) is 0 Å². The number of hydrogen-bond acceptors (Lipinski definition) is 4. The molecule has 0 aromatic heterocycles. The highest BCUT2D eigenvalue weighted by molar-refractivity contribution is 7.80. The summed E-state index contributed by atoms with van der Waals surface area (Å²) in [5, 5.41) is 0.287. The molecule has 0 unspecified atom stereocenters. The standard InChI is InChI=1S/C14H21N3O3SSi/c1-16-12-6-8-13(9-7-12)17(14(15)21)10-5-11-22(18-2,19-3)20-4/h6-9H,5,10-11H2,2-4H3,(H2,15,21). The van der Waals surface area contributed by atoms with E-state index in [0.29, 0.717) is 18.3 Å². The summed E-state index contributed by atoms with van der Waals surface area (Å²) in [4.78, 5) is 5.19. The molecule has 1 aromatic carbocycles. The van der Waals surface area contributed by atoms with Crippen molar-refractivity contribution in [2.24, 2.45) is 5.73 Å². The molecule has 0 aliphatic carbocycles. The van der Waals surface area contributed by atoms with Crippen LogP contribution in [-0.2, 0) is 13.3 Å². The molecule has 6 nitrogen and oxygen atoms in total. The van der Waals surface area contributed by atoms with Gasteiger partial charge in [-0.15, -0.1) is 0 Å². The maximum Gasteiger partial charge on any atom is 0.500 e. The van der Waals surface area contributed by atoms with Crippen molar-refractivity contribution in [3.63, 3.8) is 0 Å². The van der Waals surface area contributed by atoms with Crippen molar-refractivity contribution in [3.8, 4) is 0 Å². The van der Waals surface area contributed by atoms with E-state index in [2.05, 4.69) is 4.85 Å². The minimum atomic E-state index is -2.59. The van der Waals surface area contributed by atoms with Crippen molar-refractivity contribution in [2.45, 2.75) is 12.5 Å². The van der Waals surface area contributed by atoms with E-state index >= 15 is 0 Å². The zero-order chi connectivity index (χ0) is 16.6. The molecule has 8 heteroatoms. The van der Waals surface area contributed by atoms with Crippen molar-refractivity contribution >= 4 is 37.5 Å². The summed E-state index contributed by atoms with van der Waals surface area (Å²) in [5.41, 5.74) is 7.24. The number of nitrogens with two attached hydrogens (primary N) is 1. The lowest BCUT2D eigenvalue weighted by Gasteiger charge is -2.27. The number of rotatable bonds is 8. The first-order valence-electron chi connectivity index (χ1n) is 6.72. The van der Waals surface area contributed by atoms with Gasteiger partial charge >= 0.3 is 8.80 Å². The van der Waals surface area contributed by atoms with Crippen LogP contribution in [0.3, 0.4) is 0 Å². The Balaban J connectivity index is 2.73. The molecule has 0 heterocycles. The molecule has 0 bridgehead atoms. The summed E-state index contributed by atoms with van der Waals surface area (Å²) < 4.78 is 16.2. The zero-order valence-corrected chi connectivity index (χ0v) is 14.9. The lowest BCUT2D eigenvalue weighted by atomic mass is 10.2. The molecule has 2 N–H and O–H groups in total. The molecular formula is C14H21N3O3SSi. The van der Waals surface area contributed by atoms with Gasteiger partial charge in [0.2, 0.25) is 0 Å². The van der Waals surface area contributed by atoms with Crippen molar-refractivity contribution in [3.05, 3.63) is 35.7 Å². The lowest BCUT2D eigenvalue weighted by molar-refractivity contribution is 0.123. The van der Waals surface area contributed by atoms with Crippen LogP contribution in [0.5, 0.6) is 0 Å². The highest BCUT2D eigenvalue weighted by Gasteiger charge is 2.37. The Bertz CT molecular complexity index is 521. The number of benzene rings is 1. The van der Waals surface area contributed by atoms with E-state index in [1.54, 1.807) is 33.5 Å². The van der Waals surface area contributed by atoms with Gasteiger partial charge in [0, 0.05) is 39.6 Å². The summed E-state index contributed by atoms with van der Waals surface area (Å²) in [7, 11) is 2.19. The Labute approximate surface area is 138 Å². The third kappa shape index (κ3) is 4.76. The van der Waals surface area contributed by atoms with Crippen molar-refractivity contribution in [1.29, 1.82) is 0 Å². The molecule has 120 valence electrons. The number of thiocarbonyl (C=S) groups is 1. The van der Waals surface area contributed by atoms with E-state index < -0.39 is 8.80 Å². The van der Waals surface area contributed by atoms with Gasteiger partial charge in [0.1, 0.15) is 0 Å². The van der Waals surface area contributed by atoms with Gasteiger partial charge in [-0.2, -0.15) is 0 Å². The third-order valence-electron chi connectivity index (χ3n) is 3.35. The molecule has 0 spiro atoms. The monoisotopic (exact) mass is 339 g/mol. The molecule has 0 aliphatic heterocycles. The number of anilines is 1. The van der Waals surface area contributed by atoms with Gasteiger partial charge in [0.05, 0.1) is 6.57 Å². The largest absolute Gasteiger partial charge is 0.500 e. The highest BCUT2D eigenvalue weighted by Crippen LogP contribution is 2.21. The normalized spacial score (nSPS) is 11.0. The van der Waals surface area contributed by atoms with Gasteiger partial charge < -0.3 is 23.9 Å². The van der Waals surface area contributed by atoms with Crippen LogP contribution in [0.15, 0.2) is 24.3 Å². The molecule has 0 aliphatic rings. The van der Waals surface area contributed by atoms with Crippen LogP contribution in [0, 0.1) is 6.57 Å². The summed E-state index contributed by atoms with van der Waals surface area (Å²) in [5.74, 6) is 0. The molecule has 0 fully saturated rings. The van der Waals surface area contributed by atoms with Crippen LogP contribution < -0.4 is 10.6 Å². The second-order valence-electron chi connectivity index (χ2n) is 4.52. The molecule has 0 atom stereocenters. The van der Waals surface area contributed by atoms with Gasteiger partial charge in [-0.05, 0) is 30.8 Å². The van der Waals surface area contributed by atoms with Crippen LogP contribution in [0.4, 0.5) is 11.4 Å². The fraction of sp³-hybridized carbons (Fsp3) is 0.429. The Kier molecular flexibility index (Phi) is 7.44. The molecular weight excluding hydrogens is 318 g/mol. The Morgan fingerprint density at radius 2 is 1.77 bits per heavy atom. The minimum absolute atomic E-state index is 0.287. The van der Waals surface area contributed by atoms with Crippen LogP contribution in [0.2, 0.25) is 6.04 Å². The summed E-state index contributed by atoms with van der Waals surface area (Å²) in [6.07, 6.45) is 0.754. The maximum absolute atomic E-state index is 6.97. The third-order valence-corrected chi connectivity index (χ3v) is 6.41. The minimum Gasteiger partial charge on any atom is -0.377 e. The maximum atomic E-state index is 6.97. The number of nitrogens with zero attached hydrogens (tertiary/aromatic N) is 2. The Hall–Kier alpha value is -1.50. The average molecular weight is 339 g/mol. The molecule has 0 amide bonds. The van der Waals surface area contributed by atoms with Crippen LogP contribution in [0.1, 0.15) is 6.42 Å². The van der Waals surface area contributed by atoms with E-state index in [4.69, 9.17) is 37.8 Å². The van der Waals surface area contributed by atoms with Gasteiger partial charge in [-0.1, -0.05) is 12.1 Å². The lowest BCUT2D eigenvalue weighted by Crippen LogP contribution is -2.44. The summed E-state index contributed by atoms with van der Waals surface area (Å²) in [6.45, 7) is 7.60. The van der Waals surface area contributed by atoms with E-state index in [-0.39, 0.29) is 5.11 Å². The van der Waals surface area contributed by atoms with E-state index in [9.17, 15) is 0 Å². The predicted molar refractivity (Wildman–Crippen MR) is 93.0 cm³/mol. The molecule has 0 radical (unpaired) electrons. The molecule has 1 aromatic rings. The number of hydrogen-bond donors (Lipinski definition) is 1. The topological polar surface area (TPSA) is 61.3 Å². The van der Waals surface area contributed by atoms with Crippen molar-refractivity contribution in [2.75, 3.05) is 32.8 Å². The first kappa shape index (κ1) is 18.5. The fourth-order valence-electron chi connectivity index (χ4n) is 2.08. The quantitative estimate of drug-likeness (QED) is 0.446. The second kappa shape index (κ2) is 8.82. The van der Waals surface area contributed by atoms with Gasteiger partial charge in [0.15, 0.2) is 10.8 Å². The van der Waals surface area contributed by atoms with E-state index in [1.165, 1.54) is 0 Å². The van der Waals surface area contributed by atoms with Crippen LogP contribution in [0.25, 0.3) is 4.85 Å². The van der Waals surface area contributed by atoms with Gasteiger partial charge in [-0.25, -0.2) is 4.85 Å². The predicted octanol–water partition coefficient (Wildman–Crippen LogP) is 2.56. The Morgan fingerprint density at radius 1 is 1.23 bits per heavy atom. The first-order chi connectivity index (χ1) is 10.5. The van der Waals surface area contributed by atoms with Gasteiger partial charge in [-0.3, -0.25) is 0 Å². The second-order valence-corrected chi connectivity index (χ2v) is 8.03. The SMILES string of the molecule is [C-]#[N+]c1ccc(N(CCC[Si](OC)(OC)OC)C(N)=S)cc1. The zero-order valence-electron chi connectivity index (χ0n) is 13.0. The Morgan fingerprint density at radius 3 is 2.18 bits per heavy atom. The highest BCUT2D eigenvalue weighted by atomic mass is 32.1. The molecule has 0 saturated carbocycles. The fourth-order valence-corrected chi connectivity index (χ4v) is 3.98. The molecule has 22 heavy (non-hydrogen) atoms. The van der Waals surface area contributed by atoms with Crippen molar-refractivity contribution in [1.82, 2.24) is 0 Å². The van der Waals surface area contributed by atoms with Crippen LogP contribution >= 0.6 is 12.2 Å². The van der Waals surface area contributed by atoms with E-state index in [1.807, 2.05) is 17.0 Å². The van der Waals surface area contributed by atoms with Crippen LogP contribution in [-0.4, -0.2) is 41.8 Å².